The molecule has 1 aromatic carbocycles. The molecule has 0 saturated carbocycles. The minimum atomic E-state index is -0.664. The van der Waals surface area contributed by atoms with Crippen LogP contribution in [0, 0.1) is 6.92 Å². The molecule has 0 spiro atoms. The van der Waals surface area contributed by atoms with Gasteiger partial charge in [0.25, 0.3) is 5.56 Å². The maximum atomic E-state index is 12.8. The van der Waals surface area contributed by atoms with Crippen LogP contribution in [0.2, 0.25) is 0 Å². The number of carbonyl (C=O) groups excluding carboxylic acids is 1. The van der Waals surface area contributed by atoms with Crippen LogP contribution in [-0.2, 0) is 11.3 Å². The van der Waals surface area contributed by atoms with E-state index in [0.717, 1.165) is 27.7 Å². The van der Waals surface area contributed by atoms with E-state index >= 15 is 0 Å². The van der Waals surface area contributed by atoms with Crippen molar-refractivity contribution in [2.24, 2.45) is 0 Å². The summed E-state index contributed by atoms with van der Waals surface area (Å²) >= 11 is 0. The lowest BCUT2D eigenvalue weighted by Crippen LogP contribution is -2.41. The van der Waals surface area contributed by atoms with E-state index in [9.17, 15) is 14.4 Å². The van der Waals surface area contributed by atoms with E-state index in [1.54, 1.807) is 19.1 Å². The average Bonchev–Trinajstić information content (AvgIpc) is 3.46. The second kappa shape index (κ2) is 8.64. The minimum absolute atomic E-state index is 0.0390. The van der Waals surface area contributed by atoms with Gasteiger partial charge in [0.15, 0.2) is 5.69 Å². The van der Waals surface area contributed by atoms with Crippen LogP contribution in [0.25, 0.3) is 17.2 Å². The maximum absolute atomic E-state index is 12.8. The van der Waals surface area contributed by atoms with Crippen LogP contribution in [0.5, 0.6) is 0 Å². The summed E-state index contributed by atoms with van der Waals surface area (Å²) in [5.74, 6) is -1.04. The number of aryl methyl sites for hydroxylation is 1. The first-order valence-electron chi connectivity index (χ1n) is 10.0. The monoisotopic (exact) mass is 426 g/mol. The van der Waals surface area contributed by atoms with E-state index in [2.05, 4.69) is 20.6 Å². The zero-order chi connectivity index (χ0) is 22.0. The zero-order valence-electron chi connectivity index (χ0n) is 17.2. The van der Waals surface area contributed by atoms with Gasteiger partial charge in [-0.1, -0.05) is 22.9 Å². The van der Waals surface area contributed by atoms with Gasteiger partial charge in [-0.25, -0.2) is 4.79 Å². The smallest absolute Gasteiger partial charge is 0.352 e. The minimum Gasteiger partial charge on any atom is -0.376 e. The Kier molecular flexibility index (Phi) is 5.76. The van der Waals surface area contributed by atoms with Gasteiger partial charge in [0, 0.05) is 19.7 Å². The first-order chi connectivity index (χ1) is 15.0. The molecule has 3 aromatic rings. The number of carbonyl (C=O) groups is 1. The van der Waals surface area contributed by atoms with Crippen LogP contribution in [0.4, 0.5) is 0 Å². The van der Waals surface area contributed by atoms with Gasteiger partial charge < -0.3 is 14.6 Å². The van der Waals surface area contributed by atoms with Crippen LogP contribution >= 0.6 is 0 Å². The summed E-state index contributed by atoms with van der Waals surface area (Å²) in [5.41, 5.74) is 0.0554. The lowest BCUT2D eigenvalue weighted by Gasteiger charge is -2.09. The van der Waals surface area contributed by atoms with Gasteiger partial charge >= 0.3 is 17.5 Å². The maximum Gasteiger partial charge on any atom is 0.352 e. The fraction of sp³-hybridized carbons (Fsp3) is 0.400. The summed E-state index contributed by atoms with van der Waals surface area (Å²) in [5, 5.41) is 10.6. The molecule has 0 bridgehead atoms. The highest BCUT2D eigenvalue weighted by Gasteiger charge is 2.23. The highest BCUT2D eigenvalue weighted by molar-refractivity contribution is 5.89. The summed E-state index contributed by atoms with van der Waals surface area (Å²) in [7, 11) is 0. The molecular weight excluding hydrogens is 404 g/mol. The van der Waals surface area contributed by atoms with E-state index in [0.29, 0.717) is 18.8 Å². The van der Waals surface area contributed by atoms with Gasteiger partial charge in [-0.05, 0) is 38.8 Å². The number of rotatable bonds is 6. The number of nitrogens with zero attached hydrogens (tertiary/aromatic N) is 5. The molecule has 2 aromatic heterocycles. The largest absolute Gasteiger partial charge is 0.376 e. The molecule has 3 heterocycles. The summed E-state index contributed by atoms with van der Waals surface area (Å²) in [4.78, 5) is 41.8. The van der Waals surface area contributed by atoms with Crippen molar-refractivity contribution < 1.29 is 14.1 Å². The Bertz CT molecular complexity index is 1200. The first kappa shape index (κ1) is 20.7. The molecule has 1 aliphatic heterocycles. The van der Waals surface area contributed by atoms with Gasteiger partial charge in [-0.2, -0.15) is 14.8 Å². The van der Waals surface area contributed by atoms with Crippen molar-refractivity contribution in [2.75, 3.05) is 13.2 Å². The normalized spacial score (nSPS) is 15.9. The van der Waals surface area contributed by atoms with E-state index in [-0.39, 0.29) is 30.1 Å². The van der Waals surface area contributed by atoms with Gasteiger partial charge in [-0.3, -0.25) is 14.2 Å². The van der Waals surface area contributed by atoms with E-state index in [1.165, 1.54) is 0 Å². The Morgan fingerprint density at radius 1 is 1.26 bits per heavy atom. The number of nitrogens with one attached hydrogen (secondary N) is 1. The predicted molar refractivity (Wildman–Crippen MR) is 109 cm³/mol. The van der Waals surface area contributed by atoms with Crippen LogP contribution in [-0.4, -0.2) is 49.7 Å². The van der Waals surface area contributed by atoms with Crippen LogP contribution < -0.4 is 16.6 Å². The molecule has 1 fully saturated rings. The second-order valence-corrected chi connectivity index (χ2v) is 7.20. The molecule has 11 nitrogen and oxygen atoms in total. The quantitative estimate of drug-likeness (QED) is 0.608. The van der Waals surface area contributed by atoms with Crippen LogP contribution in [0.3, 0.4) is 0 Å². The van der Waals surface area contributed by atoms with Gasteiger partial charge in [0.2, 0.25) is 5.82 Å². The van der Waals surface area contributed by atoms with Crippen molar-refractivity contribution >= 4 is 5.91 Å². The Morgan fingerprint density at radius 3 is 2.71 bits per heavy atom. The Morgan fingerprint density at radius 2 is 2.03 bits per heavy atom. The molecule has 1 aliphatic rings. The molecule has 162 valence electrons. The van der Waals surface area contributed by atoms with Gasteiger partial charge in [-0.15, -0.1) is 0 Å². The molecule has 4 rings (SSSR count). The van der Waals surface area contributed by atoms with Crippen LogP contribution in [0.1, 0.15) is 36.0 Å². The molecule has 1 unspecified atom stereocenters. The Balaban J connectivity index is 1.67. The standard InChI is InChI=1S/C20H22N6O5/c1-3-25-19(28)15(23-26(20(25)29)13-8-6-12(2)7-9-13)16-22-18(31-24-16)17(27)21-11-14-5-4-10-30-14/h6-9,14H,3-5,10-11H2,1-2H3,(H,21,27). The van der Waals surface area contributed by atoms with Crippen molar-refractivity contribution in [2.45, 2.75) is 39.3 Å². The molecule has 1 atom stereocenters. The Hall–Kier alpha value is -3.60. The highest BCUT2D eigenvalue weighted by atomic mass is 16.5. The third-order valence-corrected chi connectivity index (χ3v) is 5.00. The number of ether oxygens (including phenoxy) is 1. The lowest BCUT2D eigenvalue weighted by atomic mass is 10.2. The molecule has 1 N–H and O–H groups in total. The predicted octanol–water partition coefficient (Wildman–Crippen LogP) is 0.681. The zero-order valence-corrected chi connectivity index (χ0v) is 17.2. The molecular formula is C20H22N6O5. The number of benzene rings is 1. The summed E-state index contributed by atoms with van der Waals surface area (Å²) in [6, 6.07) is 7.10. The SMILES string of the molecule is CCn1c(=O)c(-c2noc(C(=O)NCC3CCCO3)n2)nn(-c2ccc(C)cc2)c1=O. The van der Waals surface area contributed by atoms with E-state index < -0.39 is 17.2 Å². The molecule has 0 radical (unpaired) electrons. The van der Waals surface area contributed by atoms with Crippen molar-refractivity contribution in [3.63, 3.8) is 0 Å². The third-order valence-electron chi connectivity index (χ3n) is 5.00. The van der Waals surface area contributed by atoms with E-state index in [4.69, 9.17) is 9.26 Å². The Labute approximate surface area is 176 Å². The van der Waals surface area contributed by atoms with Crippen molar-refractivity contribution in [3.05, 3.63) is 56.6 Å². The lowest BCUT2D eigenvalue weighted by molar-refractivity contribution is 0.0822. The van der Waals surface area contributed by atoms with Crippen molar-refractivity contribution in [1.82, 2.24) is 29.8 Å². The number of hydrogen-bond acceptors (Lipinski definition) is 8. The van der Waals surface area contributed by atoms with Crippen molar-refractivity contribution in [1.29, 1.82) is 0 Å². The molecule has 11 heteroatoms. The average molecular weight is 426 g/mol. The molecule has 31 heavy (non-hydrogen) atoms. The van der Waals surface area contributed by atoms with Crippen molar-refractivity contribution in [3.8, 4) is 17.2 Å². The molecule has 0 aliphatic carbocycles. The first-order valence-corrected chi connectivity index (χ1v) is 10.0. The topological polar surface area (TPSA) is 134 Å². The van der Waals surface area contributed by atoms with Crippen LogP contribution in [0.15, 0.2) is 38.4 Å². The highest BCUT2D eigenvalue weighted by Crippen LogP contribution is 2.12. The van der Waals surface area contributed by atoms with E-state index in [1.807, 2.05) is 19.1 Å². The summed E-state index contributed by atoms with van der Waals surface area (Å²) in [6.45, 7) is 4.73. The fourth-order valence-electron chi connectivity index (χ4n) is 3.29. The number of amides is 1. The third kappa shape index (κ3) is 4.17. The molecule has 1 amide bonds. The van der Waals surface area contributed by atoms with Gasteiger partial charge in [0.1, 0.15) is 0 Å². The fourth-order valence-corrected chi connectivity index (χ4v) is 3.29. The van der Waals surface area contributed by atoms with Gasteiger partial charge in [0.05, 0.1) is 11.8 Å². The second-order valence-electron chi connectivity index (χ2n) is 7.20. The summed E-state index contributed by atoms with van der Waals surface area (Å²) < 4.78 is 12.6. The summed E-state index contributed by atoms with van der Waals surface area (Å²) in [6.07, 6.45) is 1.79. The molecule has 1 saturated heterocycles. The number of aromatic nitrogens is 5. The number of hydrogen-bond donors (Lipinski definition) is 1.